The quantitative estimate of drug-likeness (QED) is 0.814. The number of halogens is 1. The summed E-state index contributed by atoms with van der Waals surface area (Å²) in [4.78, 5) is 0. The van der Waals surface area contributed by atoms with E-state index < -0.39 is 5.60 Å². The fourth-order valence-corrected chi connectivity index (χ4v) is 3.57. The van der Waals surface area contributed by atoms with E-state index in [1.807, 2.05) is 36.4 Å². The van der Waals surface area contributed by atoms with Gasteiger partial charge in [0.1, 0.15) is 0 Å². The SMILES string of the molecule is CC(C)[C@@H]1CC[C@@H](C)C[C@@]1(O)/C=C/c1ccc(Cl)cc1. The summed E-state index contributed by atoms with van der Waals surface area (Å²) in [6.45, 7) is 6.65. The molecule has 0 heterocycles. The third kappa shape index (κ3) is 3.65. The van der Waals surface area contributed by atoms with Crippen LogP contribution < -0.4 is 0 Å². The standard InChI is InChI=1S/C18H25ClO/c1-13(2)17-9-4-14(3)12-18(17,20)11-10-15-5-7-16(19)8-6-15/h5-8,10-11,13-14,17,20H,4,9,12H2,1-3H3/b11-10+/t14-,17+,18+/m1/s1. The molecule has 0 saturated heterocycles. The largest absolute Gasteiger partial charge is 0.385 e. The second-order valence-corrected chi connectivity index (χ2v) is 7.05. The van der Waals surface area contributed by atoms with E-state index in [2.05, 4.69) is 20.8 Å². The van der Waals surface area contributed by atoms with Crippen LogP contribution in [-0.4, -0.2) is 10.7 Å². The molecule has 3 atom stereocenters. The fourth-order valence-electron chi connectivity index (χ4n) is 3.44. The molecule has 1 nitrogen and oxygen atoms in total. The molecule has 1 aliphatic carbocycles. The molecule has 0 radical (unpaired) electrons. The van der Waals surface area contributed by atoms with Crippen LogP contribution >= 0.6 is 11.6 Å². The molecule has 0 bridgehead atoms. The van der Waals surface area contributed by atoms with Crippen molar-refractivity contribution in [2.75, 3.05) is 0 Å². The zero-order valence-corrected chi connectivity index (χ0v) is 13.4. The third-order valence-electron chi connectivity index (χ3n) is 4.53. The van der Waals surface area contributed by atoms with Crippen LogP contribution in [0, 0.1) is 17.8 Å². The van der Waals surface area contributed by atoms with E-state index in [4.69, 9.17) is 11.6 Å². The maximum atomic E-state index is 11.1. The zero-order valence-electron chi connectivity index (χ0n) is 12.6. The zero-order chi connectivity index (χ0) is 14.8. The first-order chi connectivity index (χ1) is 9.40. The van der Waals surface area contributed by atoms with Gasteiger partial charge in [-0.2, -0.15) is 0 Å². The summed E-state index contributed by atoms with van der Waals surface area (Å²) in [7, 11) is 0. The molecule has 20 heavy (non-hydrogen) atoms. The first-order valence-electron chi connectivity index (χ1n) is 7.58. The lowest BCUT2D eigenvalue weighted by Gasteiger charge is -2.43. The molecule has 2 rings (SSSR count). The van der Waals surface area contributed by atoms with Crippen LogP contribution in [0.5, 0.6) is 0 Å². The van der Waals surface area contributed by atoms with Crippen LogP contribution in [0.25, 0.3) is 6.08 Å². The number of hydrogen-bond acceptors (Lipinski definition) is 1. The Kier molecular flexibility index (Phi) is 4.93. The number of aliphatic hydroxyl groups is 1. The Bertz CT molecular complexity index is 463. The Hall–Kier alpha value is -0.790. The third-order valence-corrected chi connectivity index (χ3v) is 4.78. The van der Waals surface area contributed by atoms with E-state index >= 15 is 0 Å². The summed E-state index contributed by atoms with van der Waals surface area (Å²) in [6.07, 6.45) is 7.24. The van der Waals surface area contributed by atoms with Gasteiger partial charge in [0.05, 0.1) is 5.60 Å². The Labute approximate surface area is 127 Å². The van der Waals surface area contributed by atoms with Crippen molar-refractivity contribution in [1.82, 2.24) is 0 Å². The van der Waals surface area contributed by atoms with Crippen molar-refractivity contribution in [3.05, 3.63) is 40.9 Å². The molecule has 0 aromatic heterocycles. The van der Waals surface area contributed by atoms with Crippen LogP contribution in [0.15, 0.2) is 30.3 Å². The van der Waals surface area contributed by atoms with Gasteiger partial charge >= 0.3 is 0 Å². The van der Waals surface area contributed by atoms with E-state index in [0.29, 0.717) is 17.8 Å². The van der Waals surface area contributed by atoms with Crippen molar-refractivity contribution >= 4 is 17.7 Å². The average Bonchev–Trinajstić information content (AvgIpc) is 2.37. The molecule has 0 aliphatic heterocycles. The summed E-state index contributed by atoms with van der Waals surface area (Å²) in [6, 6.07) is 7.74. The van der Waals surface area contributed by atoms with Gasteiger partial charge in [0, 0.05) is 5.02 Å². The van der Waals surface area contributed by atoms with E-state index in [1.165, 1.54) is 6.42 Å². The van der Waals surface area contributed by atoms with Crippen LogP contribution in [0.1, 0.15) is 45.6 Å². The van der Waals surface area contributed by atoms with Gasteiger partial charge in [-0.05, 0) is 48.3 Å². The second kappa shape index (κ2) is 6.32. The molecular formula is C18H25ClO. The maximum absolute atomic E-state index is 11.1. The summed E-state index contributed by atoms with van der Waals surface area (Å²) < 4.78 is 0. The number of rotatable bonds is 3. The van der Waals surface area contributed by atoms with E-state index in [1.54, 1.807) is 0 Å². The first kappa shape index (κ1) is 15.6. The van der Waals surface area contributed by atoms with Crippen molar-refractivity contribution in [2.24, 2.45) is 17.8 Å². The predicted molar refractivity (Wildman–Crippen MR) is 86.8 cm³/mol. The minimum absolute atomic E-state index is 0.349. The van der Waals surface area contributed by atoms with Crippen LogP contribution in [0.3, 0.4) is 0 Å². The van der Waals surface area contributed by atoms with Crippen molar-refractivity contribution in [2.45, 2.75) is 45.6 Å². The highest BCUT2D eigenvalue weighted by Crippen LogP contribution is 2.42. The lowest BCUT2D eigenvalue weighted by atomic mass is 9.67. The second-order valence-electron chi connectivity index (χ2n) is 6.61. The van der Waals surface area contributed by atoms with E-state index in [0.717, 1.165) is 23.4 Å². The number of benzene rings is 1. The monoisotopic (exact) mass is 292 g/mol. The van der Waals surface area contributed by atoms with E-state index in [9.17, 15) is 5.11 Å². The Morgan fingerprint density at radius 3 is 2.50 bits per heavy atom. The van der Waals surface area contributed by atoms with Crippen molar-refractivity contribution in [3.63, 3.8) is 0 Å². The molecule has 1 N–H and O–H groups in total. The van der Waals surface area contributed by atoms with E-state index in [-0.39, 0.29) is 0 Å². The van der Waals surface area contributed by atoms with Gasteiger partial charge in [-0.15, -0.1) is 0 Å². The normalized spacial score (nSPS) is 31.1. The van der Waals surface area contributed by atoms with Gasteiger partial charge in [0.2, 0.25) is 0 Å². The topological polar surface area (TPSA) is 20.2 Å². The van der Waals surface area contributed by atoms with Gasteiger partial charge in [-0.1, -0.05) is 63.1 Å². The molecular weight excluding hydrogens is 268 g/mol. The molecule has 1 aromatic rings. The minimum atomic E-state index is -0.675. The molecule has 0 unspecified atom stereocenters. The minimum Gasteiger partial charge on any atom is -0.385 e. The van der Waals surface area contributed by atoms with Gasteiger partial charge < -0.3 is 5.11 Å². The highest BCUT2D eigenvalue weighted by atomic mass is 35.5. The first-order valence-corrected chi connectivity index (χ1v) is 7.95. The Balaban J connectivity index is 2.20. The van der Waals surface area contributed by atoms with Gasteiger partial charge in [-0.3, -0.25) is 0 Å². The Morgan fingerprint density at radius 2 is 1.90 bits per heavy atom. The average molecular weight is 293 g/mol. The smallest absolute Gasteiger partial charge is 0.0863 e. The van der Waals surface area contributed by atoms with Gasteiger partial charge in [0.25, 0.3) is 0 Å². The predicted octanol–water partition coefficient (Wildman–Crippen LogP) is 5.18. The summed E-state index contributed by atoms with van der Waals surface area (Å²) >= 11 is 5.90. The Morgan fingerprint density at radius 1 is 1.25 bits per heavy atom. The van der Waals surface area contributed by atoms with Crippen molar-refractivity contribution < 1.29 is 5.11 Å². The lowest BCUT2D eigenvalue weighted by molar-refractivity contribution is -0.0401. The molecule has 110 valence electrons. The highest BCUT2D eigenvalue weighted by Gasteiger charge is 2.40. The molecule has 0 amide bonds. The van der Waals surface area contributed by atoms with Crippen LogP contribution in [-0.2, 0) is 0 Å². The molecule has 1 saturated carbocycles. The van der Waals surface area contributed by atoms with Crippen LogP contribution in [0.4, 0.5) is 0 Å². The van der Waals surface area contributed by atoms with Crippen LogP contribution in [0.2, 0.25) is 5.02 Å². The summed E-state index contributed by atoms with van der Waals surface area (Å²) in [5.41, 5.74) is 0.411. The molecule has 1 aromatic carbocycles. The molecule has 1 fully saturated rings. The van der Waals surface area contributed by atoms with Gasteiger partial charge in [0.15, 0.2) is 0 Å². The molecule has 2 heteroatoms. The van der Waals surface area contributed by atoms with Crippen molar-refractivity contribution in [3.8, 4) is 0 Å². The lowest BCUT2D eigenvalue weighted by Crippen LogP contribution is -2.43. The summed E-state index contributed by atoms with van der Waals surface area (Å²) in [5, 5.41) is 11.8. The van der Waals surface area contributed by atoms with Gasteiger partial charge in [-0.25, -0.2) is 0 Å². The summed E-state index contributed by atoms with van der Waals surface area (Å²) in [5.74, 6) is 1.44. The maximum Gasteiger partial charge on any atom is 0.0863 e. The highest BCUT2D eigenvalue weighted by molar-refractivity contribution is 6.30. The number of hydrogen-bond donors (Lipinski definition) is 1. The van der Waals surface area contributed by atoms with Crippen molar-refractivity contribution in [1.29, 1.82) is 0 Å². The molecule has 1 aliphatic rings. The molecule has 0 spiro atoms. The fraction of sp³-hybridized carbons (Fsp3) is 0.556.